The van der Waals surface area contributed by atoms with Crippen LogP contribution in [0.2, 0.25) is 0 Å². The summed E-state index contributed by atoms with van der Waals surface area (Å²) in [6, 6.07) is 9.66. The first-order valence-corrected chi connectivity index (χ1v) is 11.0. The van der Waals surface area contributed by atoms with Gasteiger partial charge in [0.2, 0.25) is 0 Å². The Morgan fingerprint density at radius 1 is 0.968 bits per heavy atom. The molecular formula is C25H37NO5. The highest BCUT2D eigenvalue weighted by Crippen LogP contribution is 2.31. The van der Waals surface area contributed by atoms with Gasteiger partial charge in [-0.2, -0.15) is 0 Å². The van der Waals surface area contributed by atoms with Crippen LogP contribution in [0.15, 0.2) is 30.3 Å². The van der Waals surface area contributed by atoms with Crippen LogP contribution in [0.5, 0.6) is 5.75 Å². The van der Waals surface area contributed by atoms with Gasteiger partial charge >= 0.3 is 11.9 Å². The van der Waals surface area contributed by atoms with E-state index in [0.717, 1.165) is 41.6 Å². The topological polar surface area (TPSA) is 84.9 Å². The van der Waals surface area contributed by atoms with Crippen molar-refractivity contribution in [2.75, 3.05) is 26.8 Å². The molecule has 0 saturated heterocycles. The summed E-state index contributed by atoms with van der Waals surface area (Å²) in [6.07, 6.45) is 4.29. The molecule has 172 valence electrons. The summed E-state index contributed by atoms with van der Waals surface area (Å²) < 4.78 is 10.3. The molecule has 0 aromatic heterocycles. The number of unbranched alkanes of at least 4 members (excludes halogenated alkanes) is 2. The molecular weight excluding hydrogens is 394 g/mol. The quantitative estimate of drug-likeness (QED) is 0.279. The molecule has 0 saturated carbocycles. The number of ether oxygens (including phenoxy) is 2. The van der Waals surface area contributed by atoms with E-state index in [4.69, 9.17) is 14.6 Å². The molecule has 6 heteroatoms. The van der Waals surface area contributed by atoms with Crippen LogP contribution in [0, 0.1) is 13.8 Å². The zero-order valence-electron chi connectivity index (χ0n) is 19.3. The molecule has 0 aliphatic carbocycles. The van der Waals surface area contributed by atoms with Crippen LogP contribution < -0.4 is 10.1 Å². The lowest BCUT2D eigenvalue weighted by atomic mass is 10.0. The fraction of sp³-hybridized carbons (Fsp3) is 0.520. The zero-order chi connectivity index (χ0) is 23.1. The van der Waals surface area contributed by atoms with Gasteiger partial charge in [0.1, 0.15) is 5.75 Å². The Bertz CT molecular complexity index is 811. The Morgan fingerprint density at radius 2 is 1.74 bits per heavy atom. The van der Waals surface area contributed by atoms with E-state index in [1.54, 1.807) is 13.2 Å². The number of aliphatic carboxylic acids is 1. The summed E-state index contributed by atoms with van der Waals surface area (Å²) in [5.74, 6) is -0.766. The summed E-state index contributed by atoms with van der Waals surface area (Å²) >= 11 is 0. The van der Waals surface area contributed by atoms with E-state index in [1.165, 1.54) is 19.3 Å². The minimum Gasteiger partial charge on any atom is -0.481 e. The van der Waals surface area contributed by atoms with E-state index < -0.39 is 11.9 Å². The lowest BCUT2D eigenvalue weighted by Crippen LogP contribution is -2.20. The Morgan fingerprint density at radius 3 is 2.42 bits per heavy atom. The van der Waals surface area contributed by atoms with E-state index in [1.807, 2.05) is 38.1 Å². The number of fused-ring (bicyclic) bond motifs is 1. The number of carbonyl (C=O) groups excluding carboxylic acids is 1. The molecule has 0 aliphatic rings. The summed E-state index contributed by atoms with van der Waals surface area (Å²) in [5.41, 5.74) is 2.17. The first-order valence-electron chi connectivity index (χ1n) is 11.0. The van der Waals surface area contributed by atoms with Crippen LogP contribution >= 0.6 is 0 Å². The van der Waals surface area contributed by atoms with E-state index in [2.05, 4.69) is 12.2 Å². The molecule has 31 heavy (non-hydrogen) atoms. The van der Waals surface area contributed by atoms with Gasteiger partial charge in [0.05, 0.1) is 6.61 Å². The fourth-order valence-electron chi connectivity index (χ4n) is 3.14. The molecule has 2 aromatic rings. The molecule has 0 radical (unpaired) electrons. The van der Waals surface area contributed by atoms with Gasteiger partial charge in [0.25, 0.3) is 0 Å². The van der Waals surface area contributed by atoms with Gasteiger partial charge in [-0.15, -0.1) is 0 Å². The normalized spacial score (nSPS) is 10.5. The second-order valence-electron chi connectivity index (χ2n) is 7.55. The SMILES string of the molecule is CCCCCNCCOC.Cc1ccc(OC(=O)CCCC(=O)O)c2c(C)cccc12. The Hall–Kier alpha value is -2.44. The highest BCUT2D eigenvalue weighted by Gasteiger charge is 2.12. The third kappa shape index (κ3) is 10.4. The molecule has 0 heterocycles. The van der Waals surface area contributed by atoms with Crippen LogP contribution in [-0.4, -0.2) is 43.9 Å². The van der Waals surface area contributed by atoms with Crippen molar-refractivity contribution in [3.8, 4) is 5.75 Å². The van der Waals surface area contributed by atoms with Crippen molar-refractivity contribution in [3.63, 3.8) is 0 Å². The number of rotatable bonds is 12. The maximum absolute atomic E-state index is 11.8. The summed E-state index contributed by atoms with van der Waals surface area (Å²) in [6.45, 7) is 9.16. The van der Waals surface area contributed by atoms with E-state index >= 15 is 0 Å². The average molecular weight is 432 g/mol. The van der Waals surface area contributed by atoms with Gasteiger partial charge < -0.3 is 19.9 Å². The molecule has 0 spiro atoms. The van der Waals surface area contributed by atoms with Crippen molar-refractivity contribution >= 4 is 22.7 Å². The van der Waals surface area contributed by atoms with Gasteiger partial charge in [-0.1, -0.05) is 44.0 Å². The molecule has 0 fully saturated rings. The molecule has 2 rings (SSSR count). The standard InChI is InChI=1S/C17H18O4.C8H19NO/c1-11-9-10-14(17-12(2)5-3-6-13(11)17)21-16(20)8-4-7-15(18)19;1-3-4-5-6-9-7-8-10-2/h3,5-6,9-10H,4,7-8H2,1-2H3,(H,18,19);9H,3-8H2,1-2H3. The second-order valence-corrected chi connectivity index (χ2v) is 7.55. The highest BCUT2D eigenvalue weighted by atomic mass is 16.5. The fourth-order valence-corrected chi connectivity index (χ4v) is 3.14. The minimum absolute atomic E-state index is 0.0250. The molecule has 0 atom stereocenters. The zero-order valence-corrected chi connectivity index (χ0v) is 19.3. The number of methoxy groups -OCH3 is 1. The van der Waals surface area contributed by atoms with Crippen molar-refractivity contribution < 1.29 is 24.2 Å². The van der Waals surface area contributed by atoms with Crippen LogP contribution in [-0.2, 0) is 14.3 Å². The van der Waals surface area contributed by atoms with E-state index in [9.17, 15) is 9.59 Å². The summed E-state index contributed by atoms with van der Waals surface area (Å²) in [4.78, 5) is 22.3. The lowest BCUT2D eigenvalue weighted by molar-refractivity contribution is -0.137. The first kappa shape index (κ1) is 26.6. The number of esters is 1. The Kier molecular flexibility index (Phi) is 13.2. The van der Waals surface area contributed by atoms with Gasteiger partial charge in [-0.25, -0.2) is 0 Å². The number of hydrogen-bond acceptors (Lipinski definition) is 5. The number of benzene rings is 2. The van der Waals surface area contributed by atoms with Crippen molar-refractivity contribution in [3.05, 3.63) is 41.5 Å². The molecule has 2 aromatic carbocycles. The largest absolute Gasteiger partial charge is 0.481 e. The van der Waals surface area contributed by atoms with Crippen LogP contribution in [0.3, 0.4) is 0 Å². The third-order valence-electron chi connectivity index (χ3n) is 4.86. The second kappa shape index (κ2) is 15.4. The van der Waals surface area contributed by atoms with Crippen molar-refractivity contribution in [1.82, 2.24) is 5.32 Å². The van der Waals surface area contributed by atoms with Crippen molar-refractivity contribution in [2.45, 2.75) is 59.3 Å². The first-order chi connectivity index (χ1) is 14.9. The molecule has 2 N–H and O–H groups in total. The van der Waals surface area contributed by atoms with Gasteiger partial charge in [-0.05, 0) is 55.8 Å². The van der Waals surface area contributed by atoms with Crippen LogP contribution in [0.4, 0.5) is 0 Å². The molecule has 0 amide bonds. The van der Waals surface area contributed by atoms with Gasteiger partial charge in [-0.3, -0.25) is 9.59 Å². The smallest absolute Gasteiger partial charge is 0.311 e. The maximum Gasteiger partial charge on any atom is 0.311 e. The molecule has 0 aliphatic heterocycles. The Labute approximate surface area is 185 Å². The Balaban J connectivity index is 0.000000407. The number of aryl methyl sites for hydroxylation is 2. The van der Waals surface area contributed by atoms with Gasteiger partial charge in [0, 0.05) is 31.9 Å². The molecule has 6 nitrogen and oxygen atoms in total. The minimum atomic E-state index is -0.903. The summed E-state index contributed by atoms with van der Waals surface area (Å²) in [5, 5.41) is 13.9. The van der Waals surface area contributed by atoms with Crippen LogP contribution in [0.1, 0.15) is 56.6 Å². The van der Waals surface area contributed by atoms with Crippen LogP contribution in [0.25, 0.3) is 10.8 Å². The number of nitrogens with one attached hydrogen (secondary N) is 1. The number of hydrogen-bond donors (Lipinski definition) is 2. The molecule has 0 unspecified atom stereocenters. The number of carboxylic acids is 1. The van der Waals surface area contributed by atoms with E-state index in [-0.39, 0.29) is 19.3 Å². The predicted molar refractivity (Wildman–Crippen MR) is 125 cm³/mol. The predicted octanol–water partition coefficient (Wildman–Crippen LogP) is 5.03. The highest BCUT2D eigenvalue weighted by molar-refractivity contribution is 5.95. The monoisotopic (exact) mass is 431 g/mol. The summed E-state index contributed by atoms with van der Waals surface area (Å²) in [7, 11) is 1.73. The van der Waals surface area contributed by atoms with Crippen molar-refractivity contribution in [1.29, 1.82) is 0 Å². The number of carbonyl (C=O) groups is 2. The van der Waals surface area contributed by atoms with Crippen molar-refractivity contribution in [2.24, 2.45) is 0 Å². The number of carboxylic acid groups (broad SMARTS) is 1. The average Bonchev–Trinajstić information content (AvgIpc) is 2.73. The maximum atomic E-state index is 11.8. The third-order valence-corrected chi connectivity index (χ3v) is 4.86. The molecule has 0 bridgehead atoms. The van der Waals surface area contributed by atoms with E-state index in [0.29, 0.717) is 5.75 Å². The van der Waals surface area contributed by atoms with Gasteiger partial charge in [0.15, 0.2) is 0 Å². The lowest BCUT2D eigenvalue weighted by Gasteiger charge is -2.11.